The fourth-order valence-corrected chi connectivity index (χ4v) is 2.25. The van der Waals surface area contributed by atoms with Gasteiger partial charge >= 0.3 is 0 Å². The van der Waals surface area contributed by atoms with Crippen LogP contribution in [0.4, 0.5) is 0 Å². The third-order valence-electron chi connectivity index (χ3n) is 3.70. The van der Waals surface area contributed by atoms with Crippen molar-refractivity contribution in [3.8, 4) is 0 Å². The molecule has 82 valence electrons. The zero-order valence-electron chi connectivity index (χ0n) is 9.39. The van der Waals surface area contributed by atoms with Crippen LogP contribution >= 0.6 is 0 Å². The largest absolute Gasteiger partial charge is 0.392 e. The molecule has 0 amide bonds. The Morgan fingerprint density at radius 1 is 1.27 bits per heavy atom. The normalized spacial score (nSPS) is 20.7. The molecule has 1 aromatic rings. The number of aliphatic hydroxyl groups excluding tert-OH is 1. The van der Waals surface area contributed by atoms with E-state index < -0.39 is 0 Å². The minimum absolute atomic E-state index is 0.169. The Morgan fingerprint density at radius 2 is 1.93 bits per heavy atom. The van der Waals surface area contributed by atoms with Gasteiger partial charge in [0.05, 0.1) is 6.10 Å². The first kappa shape index (κ1) is 10.7. The van der Waals surface area contributed by atoms with E-state index in [0.717, 1.165) is 12.3 Å². The standard InChI is InChI=1S/C14H20O/c1-11(13-8-3-2-4-9-13)14(15)10-12-6-5-7-12/h2-4,8-9,11-12,14-15H,5-7,10H2,1H3. The van der Waals surface area contributed by atoms with Crippen LogP contribution in [0.25, 0.3) is 0 Å². The molecule has 0 saturated heterocycles. The Hall–Kier alpha value is -0.820. The fraction of sp³-hybridized carbons (Fsp3) is 0.571. The van der Waals surface area contributed by atoms with Crippen molar-refractivity contribution in [2.45, 2.75) is 44.6 Å². The number of aliphatic hydroxyl groups is 1. The number of benzene rings is 1. The molecule has 1 aliphatic rings. The minimum Gasteiger partial charge on any atom is -0.392 e. The Kier molecular flexibility index (Phi) is 3.42. The van der Waals surface area contributed by atoms with Crippen molar-refractivity contribution in [1.82, 2.24) is 0 Å². The highest BCUT2D eigenvalue weighted by Gasteiger charge is 2.24. The first-order chi connectivity index (χ1) is 7.27. The summed E-state index contributed by atoms with van der Waals surface area (Å²) in [4.78, 5) is 0. The van der Waals surface area contributed by atoms with Crippen LogP contribution in [-0.2, 0) is 0 Å². The molecule has 1 fully saturated rings. The third-order valence-corrected chi connectivity index (χ3v) is 3.70. The molecule has 2 atom stereocenters. The molecule has 1 aromatic carbocycles. The van der Waals surface area contributed by atoms with E-state index in [1.54, 1.807) is 0 Å². The van der Waals surface area contributed by atoms with E-state index in [1.807, 2.05) is 18.2 Å². The van der Waals surface area contributed by atoms with Crippen LogP contribution in [0, 0.1) is 5.92 Å². The van der Waals surface area contributed by atoms with Gasteiger partial charge in [0.15, 0.2) is 0 Å². The molecule has 1 heteroatoms. The van der Waals surface area contributed by atoms with Gasteiger partial charge in [-0.05, 0) is 17.9 Å². The summed E-state index contributed by atoms with van der Waals surface area (Å²) in [7, 11) is 0. The predicted octanol–water partition coefficient (Wildman–Crippen LogP) is 3.34. The number of rotatable bonds is 4. The highest BCUT2D eigenvalue weighted by Crippen LogP contribution is 2.33. The molecular weight excluding hydrogens is 184 g/mol. The lowest BCUT2D eigenvalue weighted by atomic mass is 9.78. The zero-order valence-corrected chi connectivity index (χ0v) is 9.39. The van der Waals surface area contributed by atoms with Gasteiger partial charge in [0.1, 0.15) is 0 Å². The molecule has 0 spiro atoms. The molecule has 15 heavy (non-hydrogen) atoms. The lowest BCUT2D eigenvalue weighted by molar-refractivity contribution is 0.0980. The molecule has 1 nitrogen and oxygen atoms in total. The first-order valence-electron chi connectivity index (χ1n) is 6.00. The van der Waals surface area contributed by atoms with E-state index in [9.17, 15) is 5.11 Å². The predicted molar refractivity (Wildman–Crippen MR) is 62.8 cm³/mol. The third kappa shape index (κ3) is 2.60. The number of hydrogen-bond donors (Lipinski definition) is 1. The molecule has 0 bridgehead atoms. The molecule has 0 radical (unpaired) electrons. The van der Waals surface area contributed by atoms with Gasteiger partial charge in [-0.15, -0.1) is 0 Å². The van der Waals surface area contributed by atoms with E-state index in [4.69, 9.17) is 0 Å². The van der Waals surface area contributed by atoms with Crippen LogP contribution in [0.3, 0.4) is 0 Å². The van der Waals surface area contributed by atoms with Crippen molar-refractivity contribution in [2.75, 3.05) is 0 Å². The van der Waals surface area contributed by atoms with E-state index >= 15 is 0 Å². The maximum absolute atomic E-state index is 10.1. The molecule has 1 aliphatic carbocycles. The topological polar surface area (TPSA) is 20.2 Å². The van der Waals surface area contributed by atoms with Gasteiger partial charge in [-0.1, -0.05) is 56.5 Å². The summed E-state index contributed by atoms with van der Waals surface area (Å²) in [5.74, 6) is 1.05. The molecule has 0 heterocycles. The molecule has 0 aliphatic heterocycles. The average Bonchev–Trinajstić information content (AvgIpc) is 2.23. The highest BCUT2D eigenvalue weighted by molar-refractivity contribution is 5.19. The van der Waals surface area contributed by atoms with E-state index in [0.29, 0.717) is 0 Å². The van der Waals surface area contributed by atoms with Crippen molar-refractivity contribution in [2.24, 2.45) is 5.92 Å². The van der Waals surface area contributed by atoms with Crippen LogP contribution < -0.4 is 0 Å². The average molecular weight is 204 g/mol. The summed E-state index contributed by atoms with van der Waals surface area (Å²) >= 11 is 0. The maximum atomic E-state index is 10.1. The van der Waals surface area contributed by atoms with Gasteiger partial charge < -0.3 is 5.11 Å². The van der Waals surface area contributed by atoms with Gasteiger partial charge in [0.25, 0.3) is 0 Å². The van der Waals surface area contributed by atoms with Crippen LogP contribution in [0.15, 0.2) is 30.3 Å². The smallest absolute Gasteiger partial charge is 0.0608 e. The summed E-state index contributed by atoms with van der Waals surface area (Å²) in [6.07, 6.45) is 4.81. The second-order valence-corrected chi connectivity index (χ2v) is 4.80. The van der Waals surface area contributed by atoms with Crippen molar-refractivity contribution >= 4 is 0 Å². The molecule has 2 unspecified atom stereocenters. The lowest BCUT2D eigenvalue weighted by Gasteiger charge is -2.30. The lowest BCUT2D eigenvalue weighted by Crippen LogP contribution is -2.23. The molecule has 1 N–H and O–H groups in total. The summed E-state index contributed by atoms with van der Waals surface area (Å²) in [5.41, 5.74) is 1.25. The monoisotopic (exact) mass is 204 g/mol. The Morgan fingerprint density at radius 3 is 2.47 bits per heavy atom. The second kappa shape index (κ2) is 4.80. The summed E-state index contributed by atoms with van der Waals surface area (Å²) in [6.45, 7) is 2.12. The SMILES string of the molecule is CC(c1ccccc1)C(O)CC1CCC1. The molecule has 2 rings (SSSR count). The van der Waals surface area contributed by atoms with Crippen molar-refractivity contribution < 1.29 is 5.11 Å². The van der Waals surface area contributed by atoms with Crippen molar-refractivity contribution in [1.29, 1.82) is 0 Å². The van der Waals surface area contributed by atoms with E-state index in [-0.39, 0.29) is 12.0 Å². The number of hydrogen-bond acceptors (Lipinski definition) is 1. The highest BCUT2D eigenvalue weighted by atomic mass is 16.3. The van der Waals surface area contributed by atoms with Gasteiger partial charge in [-0.25, -0.2) is 0 Å². The summed E-state index contributed by atoms with van der Waals surface area (Å²) in [5, 5.41) is 10.1. The van der Waals surface area contributed by atoms with Crippen LogP contribution in [0.2, 0.25) is 0 Å². The zero-order chi connectivity index (χ0) is 10.7. The van der Waals surface area contributed by atoms with Gasteiger partial charge in [0, 0.05) is 5.92 Å². The first-order valence-corrected chi connectivity index (χ1v) is 6.00. The minimum atomic E-state index is -0.169. The van der Waals surface area contributed by atoms with Crippen LogP contribution in [-0.4, -0.2) is 11.2 Å². The Bertz CT molecular complexity index is 289. The molecule has 0 aromatic heterocycles. The summed E-state index contributed by atoms with van der Waals surface area (Å²) in [6, 6.07) is 10.3. The van der Waals surface area contributed by atoms with E-state index in [2.05, 4.69) is 19.1 Å². The van der Waals surface area contributed by atoms with Crippen molar-refractivity contribution in [3.63, 3.8) is 0 Å². The van der Waals surface area contributed by atoms with E-state index in [1.165, 1.54) is 24.8 Å². The quantitative estimate of drug-likeness (QED) is 0.797. The van der Waals surface area contributed by atoms with Gasteiger partial charge in [-0.3, -0.25) is 0 Å². The molecule has 1 saturated carbocycles. The van der Waals surface area contributed by atoms with Crippen LogP contribution in [0.5, 0.6) is 0 Å². The Labute approximate surface area is 92.1 Å². The maximum Gasteiger partial charge on any atom is 0.0608 e. The van der Waals surface area contributed by atoms with Gasteiger partial charge in [0.2, 0.25) is 0 Å². The van der Waals surface area contributed by atoms with Crippen molar-refractivity contribution in [3.05, 3.63) is 35.9 Å². The second-order valence-electron chi connectivity index (χ2n) is 4.80. The Balaban J connectivity index is 1.91. The van der Waals surface area contributed by atoms with Crippen LogP contribution in [0.1, 0.15) is 44.1 Å². The van der Waals surface area contributed by atoms with Gasteiger partial charge in [-0.2, -0.15) is 0 Å². The fourth-order valence-electron chi connectivity index (χ4n) is 2.25. The molecular formula is C14H20O. The summed E-state index contributed by atoms with van der Waals surface area (Å²) < 4.78 is 0.